The zero-order valence-corrected chi connectivity index (χ0v) is 19.5. The monoisotopic (exact) mass is 480 g/mol. The molecule has 26 heavy (non-hydrogen) atoms. The molecule has 0 aromatic heterocycles. The molecule has 1 atom stereocenters. The molecule has 2 N–H and O–H groups in total. The second-order valence-corrected chi connectivity index (χ2v) is 7.94. The lowest BCUT2D eigenvalue weighted by atomic mass is 9.67. The van der Waals surface area contributed by atoms with E-state index >= 15 is 0 Å². The number of methoxy groups -OCH3 is 1. The molecule has 0 aromatic rings. The van der Waals surface area contributed by atoms with Crippen molar-refractivity contribution in [1.82, 2.24) is 15.5 Å². The number of halogens is 1. The van der Waals surface area contributed by atoms with Gasteiger partial charge in [0.05, 0.1) is 0 Å². The van der Waals surface area contributed by atoms with E-state index in [1.54, 1.807) is 7.11 Å². The number of hydrogen-bond donors (Lipinski definition) is 2. The van der Waals surface area contributed by atoms with Crippen LogP contribution in [0.5, 0.6) is 0 Å². The first kappa shape index (κ1) is 24.0. The largest absolute Gasteiger partial charge is 0.385 e. The molecule has 5 nitrogen and oxygen atoms in total. The van der Waals surface area contributed by atoms with Crippen LogP contribution in [0.4, 0.5) is 0 Å². The molecule has 2 aliphatic rings. The van der Waals surface area contributed by atoms with Gasteiger partial charge in [-0.3, -0.25) is 9.89 Å². The summed E-state index contributed by atoms with van der Waals surface area (Å²) in [5, 5.41) is 7.17. The summed E-state index contributed by atoms with van der Waals surface area (Å²) in [7, 11) is 3.68. The van der Waals surface area contributed by atoms with Crippen LogP contribution in [0.1, 0.15) is 64.7 Å². The standard InChI is InChI=1S/C20H40N4O.HI/c1-4-5-13-24-14-7-6-9-18(24)16-22-19(21-2)23-17-20(10-8-11-20)12-15-25-3;/h18H,4-17H2,1-3H3,(H2,21,22,23);1H. The summed E-state index contributed by atoms with van der Waals surface area (Å²) in [6.45, 7) is 7.67. The van der Waals surface area contributed by atoms with Gasteiger partial charge in [0.2, 0.25) is 0 Å². The van der Waals surface area contributed by atoms with E-state index in [9.17, 15) is 0 Å². The van der Waals surface area contributed by atoms with Crippen molar-refractivity contribution in [2.45, 2.75) is 70.8 Å². The highest BCUT2D eigenvalue weighted by Gasteiger charge is 2.36. The Bertz CT molecular complexity index is 401. The van der Waals surface area contributed by atoms with Crippen molar-refractivity contribution in [3.63, 3.8) is 0 Å². The Labute approximate surface area is 178 Å². The van der Waals surface area contributed by atoms with Crippen LogP contribution in [0.15, 0.2) is 4.99 Å². The first-order chi connectivity index (χ1) is 12.2. The molecule has 0 radical (unpaired) electrons. The number of likely N-dealkylation sites (tertiary alicyclic amines) is 1. The third-order valence-corrected chi connectivity index (χ3v) is 6.16. The smallest absolute Gasteiger partial charge is 0.191 e. The zero-order chi connectivity index (χ0) is 18.0. The Morgan fingerprint density at radius 3 is 2.65 bits per heavy atom. The summed E-state index contributed by atoms with van der Waals surface area (Å²) in [5.41, 5.74) is 0.422. The van der Waals surface area contributed by atoms with Crippen LogP contribution in [-0.2, 0) is 4.74 Å². The molecule has 1 unspecified atom stereocenters. The van der Waals surface area contributed by atoms with Crippen molar-refractivity contribution in [3.05, 3.63) is 0 Å². The first-order valence-corrected chi connectivity index (χ1v) is 10.4. The van der Waals surface area contributed by atoms with Gasteiger partial charge in [-0.05, 0) is 57.0 Å². The predicted octanol–water partition coefficient (Wildman–Crippen LogP) is 3.63. The Balaban J connectivity index is 0.00000338. The molecule has 2 fully saturated rings. The van der Waals surface area contributed by atoms with Gasteiger partial charge >= 0.3 is 0 Å². The molecular formula is C20H41IN4O. The number of aliphatic imine (C=N–C) groups is 1. The first-order valence-electron chi connectivity index (χ1n) is 10.4. The van der Waals surface area contributed by atoms with Gasteiger partial charge in [-0.15, -0.1) is 24.0 Å². The molecule has 0 amide bonds. The predicted molar refractivity (Wildman–Crippen MR) is 122 cm³/mol. The molecule has 1 heterocycles. The summed E-state index contributed by atoms with van der Waals surface area (Å²) >= 11 is 0. The van der Waals surface area contributed by atoms with Gasteiger partial charge in [0.1, 0.15) is 0 Å². The van der Waals surface area contributed by atoms with E-state index in [4.69, 9.17) is 4.74 Å². The number of rotatable bonds is 10. The third kappa shape index (κ3) is 7.50. The second-order valence-electron chi connectivity index (χ2n) is 7.94. The number of nitrogens with zero attached hydrogens (tertiary/aromatic N) is 2. The van der Waals surface area contributed by atoms with Crippen molar-refractivity contribution in [1.29, 1.82) is 0 Å². The Kier molecular flexibility index (Phi) is 12.1. The van der Waals surface area contributed by atoms with Crippen molar-refractivity contribution < 1.29 is 4.74 Å². The summed E-state index contributed by atoms with van der Waals surface area (Å²) in [4.78, 5) is 7.13. The van der Waals surface area contributed by atoms with Gasteiger partial charge in [0, 0.05) is 39.9 Å². The second kappa shape index (κ2) is 13.2. The highest BCUT2D eigenvalue weighted by molar-refractivity contribution is 14.0. The van der Waals surface area contributed by atoms with E-state index < -0.39 is 0 Å². The van der Waals surface area contributed by atoms with Crippen LogP contribution >= 0.6 is 24.0 Å². The lowest BCUT2D eigenvalue weighted by Crippen LogP contribution is -2.51. The molecule has 0 aromatic carbocycles. The van der Waals surface area contributed by atoms with Crippen molar-refractivity contribution in [2.24, 2.45) is 10.4 Å². The fourth-order valence-corrected chi connectivity index (χ4v) is 4.16. The molecule has 1 aliphatic carbocycles. The minimum absolute atomic E-state index is 0. The minimum Gasteiger partial charge on any atom is -0.385 e. The SMILES string of the molecule is CCCCN1CCCCC1CNC(=NC)NCC1(CCOC)CCC1.I. The van der Waals surface area contributed by atoms with Crippen LogP contribution in [0.25, 0.3) is 0 Å². The van der Waals surface area contributed by atoms with Crippen molar-refractivity contribution >= 4 is 29.9 Å². The van der Waals surface area contributed by atoms with Crippen LogP contribution in [0.3, 0.4) is 0 Å². The summed E-state index contributed by atoms with van der Waals surface area (Å²) in [6, 6.07) is 0.657. The molecule has 0 spiro atoms. The van der Waals surface area contributed by atoms with Crippen LogP contribution in [0.2, 0.25) is 0 Å². The summed E-state index contributed by atoms with van der Waals surface area (Å²) < 4.78 is 5.30. The number of unbranched alkanes of at least 4 members (excludes halogenated alkanes) is 1. The molecule has 0 bridgehead atoms. The fourth-order valence-electron chi connectivity index (χ4n) is 4.16. The lowest BCUT2D eigenvalue weighted by Gasteiger charge is -2.42. The Morgan fingerprint density at radius 2 is 2.04 bits per heavy atom. The molecule has 6 heteroatoms. The number of nitrogens with one attached hydrogen (secondary N) is 2. The third-order valence-electron chi connectivity index (χ3n) is 6.16. The van der Waals surface area contributed by atoms with Crippen LogP contribution in [-0.4, -0.2) is 63.8 Å². The quantitative estimate of drug-likeness (QED) is 0.285. The van der Waals surface area contributed by atoms with E-state index in [0.717, 1.165) is 32.1 Å². The van der Waals surface area contributed by atoms with E-state index in [0.29, 0.717) is 11.5 Å². The van der Waals surface area contributed by atoms with Gasteiger partial charge in [0.15, 0.2) is 5.96 Å². The van der Waals surface area contributed by atoms with Crippen LogP contribution < -0.4 is 10.6 Å². The maximum Gasteiger partial charge on any atom is 0.191 e. The molecule has 154 valence electrons. The highest BCUT2D eigenvalue weighted by Crippen LogP contribution is 2.43. The van der Waals surface area contributed by atoms with Crippen LogP contribution in [0, 0.1) is 5.41 Å². The van der Waals surface area contributed by atoms with Gasteiger partial charge < -0.3 is 15.4 Å². The summed E-state index contributed by atoms with van der Waals surface area (Å²) in [5.74, 6) is 0.963. The average Bonchev–Trinajstić information content (AvgIpc) is 2.61. The number of hydrogen-bond acceptors (Lipinski definition) is 3. The molecule has 1 saturated heterocycles. The molecular weight excluding hydrogens is 439 g/mol. The molecule has 2 rings (SSSR count). The zero-order valence-electron chi connectivity index (χ0n) is 17.2. The van der Waals surface area contributed by atoms with Gasteiger partial charge in [-0.2, -0.15) is 0 Å². The maximum atomic E-state index is 5.30. The van der Waals surface area contributed by atoms with E-state index in [1.165, 1.54) is 64.5 Å². The Morgan fingerprint density at radius 1 is 1.23 bits per heavy atom. The number of guanidine groups is 1. The van der Waals surface area contributed by atoms with Gasteiger partial charge in [0.25, 0.3) is 0 Å². The van der Waals surface area contributed by atoms with E-state index in [1.807, 2.05) is 7.05 Å². The minimum atomic E-state index is 0. The maximum absolute atomic E-state index is 5.30. The van der Waals surface area contributed by atoms with E-state index in [2.05, 4.69) is 27.4 Å². The Hall–Kier alpha value is -0.0800. The van der Waals surface area contributed by atoms with Gasteiger partial charge in [-0.25, -0.2) is 0 Å². The lowest BCUT2D eigenvalue weighted by molar-refractivity contribution is 0.0732. The topological polar surface area (TPSA) is 48.9 Å². The van der Waals surface area contributed by atoms with E-state index in [-0.39, 0.29) is 24.0 Å². The molecule has 1 aliphatic heterocycles. The van der Waals surface area contributed by atoms with Crippen molar-refractivity contribution in [3.8, 4) is 0 Å². The summed E-state index contributed by atoms with van der Waals surface area (Å²) in [6.07, 6.45) is 11.8. The average molecular weight is 480 g/mol. The van der Waals surface area contributed by atoms with Crippen molar-refractivity contribution in [2.75, 3.05) is 46.9 Å². The number of ether oxygens (including phenoxy) is 1. The highest BCUT2D eigenvalue weighted by atomic mass is 127. The van der Waals surface area contributed by atoms with Gasteiger partial charge in [-0.1, -0.05) is 26.2 Å². The fraction of sp³-hybridized carbons (Fsp3) is 0.950. The molecule has 1 saturated carbocycles. The normalized spacial score (nSPS) is 23.0. The number of piperidine rings is 1.